The van der Waals surface area contributed by atoms with Gasteiger partial charge in [0.05, 0.1) is 16.7 Å². The average Bonchev–Trinajstić information content (AvgIpc) is 3.63. The maximum absolute atomic E-state index is 14.0. The molecule has 2 fully saturated rings. The summed E-state index contributed by atoms with van der Waals surface area (Å²) in [5, 5.41) is 9.92. The summed E-state index contributed by atoms with van der Waals surface area (Å²) < 4.78 is 42.6. The largest absolute Gasteiger partial charge is 1.00 e. The first-order valence-corrected chi connectivity index (χ1v) is 29.1. The summed E-state index contributed by atoms with van der Waals surface area (Å²) in [5.41, 5.74) is 16.1. The minimum atomic E-state index is -0.703. The van der Waals surface area contributed by atoms with Crippen LogP contribution in [-0.2, 0) is 9.47 Å². The van der Waals surface area contributed by atoms with Crippen LogP contribution in [0, 0.1) is 5.82 Å². The standard InChI is InChI=1S/C31H36Cl2N4O5.C29H31Cl2FN4O4.C2H5O.Na/c1-6-40-24-12-11-23(32)26(27(24)33)19(2)41-25-17-22(18-35-28(25)34)20-7-9-21(10-8-20)29(38)36-13-15-37(16-14-36)30(39)42-31(3,4)5;1-17(24-21(30)9-10-22(32)25(24)31)39-23-15-20(16-34-26(23)33)18-5-7-19(8-6-18)27(37)35-11-13-36(14-12-35)28(38)40-29(2,3)4;1-2-3;/h7-12,17-19H,6,13-16H2,1-5H3,(H2,34,35);5-10,15-17H,11-14H2,1-4H3,(H2,33,34);2H2,1H3;/q;;-1;+1. The summed E-state index contributed by atoms with van der Waals surface area (Å²) >= 11 is 25.4. The van der Waals surface area contributed by atoms with Crippen molar-refractivity contribution >= 4 is 82.0 Å². The maximum atomic E-state index is 14.0. The normalized spacial score (nSPS) is 14.0. The summed E-state index contributed by atoms with van der Waals surface area (Å²) in [6.45, 7) is 21.7. The van der Waals surface area contributed by atoms with Gasteiger partial charge in [-0.2, -0.15) is 0 Å². The number of hydrogen-bond donors (Lipinski definition) is 2. The van der Waals surface area contributed by atoms with Gasteiger partial charge in [-0.25, -0.2) is 23.9 Å². The van der Waals surface area contributed by atoms with E-state index in [2.05, 4.69) is 9.97 Å². The number of nitrogens with two attached hydrogens (primary N) is 2. The van der Waals surface area contributed by atoms with Crippen LogP contribution in [0.1, 0.15) is 113 Å². The fourth-order valence-corrected chi connectivity index (χ4v) is 10.2. The molecule has 2 aliphatic rings. The van der Waals surface area contributed by atoms with Gasteiger partial charge >= 0.3 is 41.7 Å². The van der Waals surface area contributed by atoms with E-state index in [0.717, 1.165) is 16.7 Å². The van der Waals surface area contributed by atoms with Gasteiger partial charge in [0.25, 0.3) is 11.8 Å². The SMILES string of the molecule is CC(Oc1cc(-c2ccc(C(=O)N3CCN(C(=O)OC(C)(C)C)CC3)cc2)cnc1N)c1c(Cl)ccc(F)c1Cl.CCOc1ccc(Cl)c(C(C)Oc2cc(-c3ccc(C(=O)N4CCN(C(=O)OC(C)(C)C)CC4)cc3)cnc2N)c1Cl.CC[O-].[Na+]. The number of nitrogens with zero attached hydrogens (tertiary/aromatic N) is 6. The summed E-state index contributed by atoms with van der Waals surface area (Å²) in [5.74, 6) is 0.729. The number of amides is 4. The van der Waals surface area contributed by atoms with Crippen LogP contribution in [0.15, 0.2) is 97.3 Å². The third kappa shape index (κ3) is 19.1. The molecule has 2 unspecified atom stereocenters. The summed E-state index contributed by atoms with van der Waals surface area (Å²) in [4.78, 5) is 66.1. The monoisotopic (exact) mass is 1270 g/mol. The Labute approximate surface area is 544 Å². The van der Waals surface area contributed by atoms with E-state index in [1.54, 1.807) is 94.4 Å². The van der Waals surface area contributed by atoms with E-state index in [0.29, 0.717) is 108 Å². The van der Waals surface area contributed by atoms with Crippen LogP contribution >= 0.6 is 46.4 Å². The molecule has 18 nitrogen and oxygen atoms in total. The zero-order valence-electron chi connectivity index (χ0n) is 50.3. The van der Waals surface area contributed by atoms with E-state index in [9.17, 15) is 23.6 Å². The van der Waals surface area contributed by atoms with Crippen LogP contribution in [0.5, 0.6) is 17.2 Å². The number of benzene rings is 4. The molecule has 6 aromatic rings. The van der Waals surface area contributed by atoms with Crippen LogP contribution in [-0.4, -0.2) is 130 Å². The molecule has 4 aromatic carbocycles. The molecular formula is C62H72Cl4FN8NaO10. The van der Waals surface area contributed by atoms with Gasteiger partial charge in [0, 0.05) is 108 Å². The van der Waals surface area contributed by atoms with Crippen LogP contribution < -0.4 is 60.3 Å². The number of aromatic nitrogens is 2. The Bertz CT molecular complexity index is 3300. The van der Waals surface area contributed by atoms with Crippen LogP contribution in [0.3, 0.4) is 0 Å². The predicted octanol–water partition coefficient (Wildman–Crippen LogP) is 9.85. The molecule has 0 aliphatic carbocycles. The molecule has 4 heterocycles. The average molecular weight is 1270 g/mol. The van der Waals surface area contributed by atoms with Crippen molar-refractivity contribution in [2.45, 2.75) is 92.6 Å². The summed E-state index contributed by atoms with van der Waals surface area (Å²) in [6.07, 6.45) is 1.27. The molecule has 0 radical (unpaired) electrons. The topological polar surface area (TPSA) is 228 Å². The molecular weight excluding hydrogens is 1200 g/mol. The van der Waals surface area contributed by atoms with Gasteiger partial charge in [0.2, 0.25) is 0 Å². The van der Waals surface area contributed by atoms with Crippen molar-refractivity contribution in [2.24, 2.45) is 0 Å². The predicted molar refractivity (Wildman–Crippen MR) is 328 cm³/mol. The number of hydrogen-bond acceptors (Lipinski definition) is 14. The van der Waals surface area contributed by atoms with E-state index in [4.69, 9.17) is 86.7 Å². The van der Waals surface area contributed by atoms with Gasteiger partial charge in [-0.15, -0.1) is 6.61 Å². The van der Waals surface area contributed by atoms with Crippen molar-refractivity contribution in [3.8, 4) is 39.5 Å². The molecule has 8 rings (SSSR count). The van der Waals surface area contributed by atoms with E-state index >= 15 is 0 Å². The second kappa shape index (κ2) is 31.6. The van der Waals surface area contributed by atoms with Gasteiger partial charge in [-0.3, -0.25) is 9.59 Å². The summed E-state index contributed by atoms with van der Waals surface area (Å²) in [7, 11) is 0. The molecule has 4 amide bonds. The van der Waals surface area contributed by atoms with Crippen LogP contribution in [0.25, 0.3) is 22.3 Å². The van der Waals surface area contributed by atoms with E-state index in [1.807, 2.05) is 79.7 Å². The van der Waals surface area contributed by atoms with Gasteiger partial charge in [0.1, 0.15) is 35.0 Å². The smallest absolute Gasteiger partial charge is 0.855 e. The number of nitrogen functional groups attached to an aromatic ring is 2. The second-order valence-electron chi connectivity index (χ2n) is 21.7. The molecule has 2 aromatic heterocycles. The van der Waals surface area contributed by atoms with Crippen molar-refractivity contribution in [3.63, 3.8) is 0 Å². The molecule has 2 saturated heterocycles. The minimum Gasteiger partial charge on any atom is -0.855 e. The van der Waals surface area contributed by atoms with Gasteiger partial charge in [-0.05, 0) is 134 Å². The second-order valence-corrected chi connectivity index (χ2v) is 23.2. The molecule has 2 aliphatic heterocycles. The molecule has 2 atom stereocenters. The Hall–Kier alpha value is -6.29. The molecule has 456 valence electrons. The van der Waals surface area contributed by atoms with Crippen molar-refractivity contribution in [1.29, 1.82) is 0 Å². The fourth-order valence-electron chi connectivity index (χ4n) is 8.83. The van der Waals surface area contributed by atoms with E-state index in [1.165, 1.54) is 12.1 Å². The number of anilines is 2. The summed E-state index contributed by atoms with van der Waals surface area (Å²) in [6, 6.07) is 23.9. The van der Waals surface area contributed by atoms with Gasteiger partial charge in [0.15, 0.2) is 23.1 Å². The van der Waals surface area contributed by atoms with Crippen molar-refractivity contribution in [3.05, 3.63) is 145 Å². The van der Waals surface area contributed by atoms with Crippen LogP contribution in [0.2, 0.25) is 20.1 Å². The third-order valence-electron chi connectivity index (χ3n) is 13.0. The number of rotatable bonds is 12. The molecule has 0 bridgehead atoms. The van der Waals surface area contributed by atoms with E-state index < -0.39 is 29.2 Å². The Kier molecular flexibility index (Phi) is 25.9. The van der Waals surface area contributed by atoms with Crippen molar-refractivity contribution in [2.75, 3.05) is 77.0 Å². The molecule has 0 spiro atoms. The first-order chi connectivity index (χ1) is 40.1. The number of carbonyl (C=O) groups is 4. The first-order valence-electron chi connectivity index (χ1n) is 27.5. The molecule has 24 heteroatoms. The van der Waals surface area contributed by atoms with Gasteiger partial charge < -0.3 is 59.9 Å². The Morgan fingerprint density at radius 3 is 1.27 bits per heavy atom. The Balaban J connectivity index is 0.000000297. The van der Waals surface area contributed by atoms with E-state index in [-0.39, 0.29) is 87.6 Å². The zero-order chi connectivity index (χ0) is 62.5. The fraction of sp³-hybridized carbons (Fsp3) is 0.387. The Morgan fingerprint density at radius 1 is 0.558 bits per heavy atom. The number of pyridine rings is 2. The number of piperazine rings is 2. The van der Waals surface area contributed by atoms with Crippen molar-refractivity contribution < 1.29 is 81.9 Å². The number of carbonyl (C=O) groups excluding carboxylic acids is 4. The minimum absolute atomic E-state index is 0. The molecule has 0 saturated carbocycles. The number of ether oxygens (including phenoxy) is 5. The zero-order valence-corrected chi connectivity index (χ0v) is 55.3. The number of halogens is 5. The van der Waals surface area contributed by atoms with Crippen molar-refractivity contribution in [1.82, 2.24) is 29.6 Å². The Morgan fingerprint density at radius 2 is 0.907 bits per heavy atom. The van der Waals surface area contributed by atoms with Crippen LogP contribution in [0.4, 0.5) is 25.6 Å². The molecule has 4 N–H and O–H groups in total. The maximum Gasteiger partial charge on any atom is 1.00 e. The quantitative estimate of drug-likeness (QED) is 0.0859. The molecule has 86 heavy (non-hydrogen) atoms. The first kappa shape index (κ1) is 70.5. The third-order valence-corrected chi connectivity index (χ3v) is 14.5. The van der Waals surface area contributed by atoms with Gasteiger partial charge in [-0.1, -0.05) is 77.6 Å².